The van der Waals surface area contributed by atoms with Crippen LogP contribution >= 0.6 is 27.5 Å². The van der Waals surface area contributed by atoms with Gasteiger partial charge < -0.3 is 14.6 Å². The quantitative estimate of drug-likeness (QED) is 0.279. The van der Waals surface area contributed by atoms with Gasteiger partial charge in [-0.25, -0.2) is 9.78 Å². The lowest BCUT2D eigenvalue weighted by molar-refractivity contribution is 0.0697. The Kier molecular flexibility index (Phi) is 7.71. The van der Waals surface area contributed by atoms with Crippen LogP contribution in [0, 0.1) is 0 Å². The summed E-state index contributed by atoms with van der Waals surface area (Å²) in [5.41, 5.74) is 1.89. The number of hydrogen-bond acceptors (Lipinski definition) is 6. The van der Waals surface area contributed by atoms with E-state index in [1.807, 2.05) is 13.0 Å². The lowest BCUT2D eigenvalue weighted by Crippen LogP contribution is -2.22. The molecule has 1 heterocycles. The number of aromatic carboxylic acids is 1. The van der Waals surface area contributed by atoms with Crippen molar-refractivity contribution in [2.75, 3.05) is 7.11 Å². The van der Waals surface area contributed by atoms with Gasteiger partial charge in [-0.3, -0.25) is 4.79 Å². The fourth-order valence-electron chi connectivity index (χ4n) is 3.52. The maximum absolute atomic E-state index is 13.1. The first kappa shape index (κ1) is 25.4. The maximum Gasteiger partial charge on any atom is 0.335 e. The van der Waals surface area contributed by atoms with Crippen molar-refractivity contribution in [2.45, 2.75) is 20.0 Å². The van der Waals surface area contributed by atoms with E-state index in [4.69, 9.17) is 26.2 Å². The number of benzene rings is 3. The zero-order valence-electron chi connectivity index (χ0n) is 19.4. The number of aryl methyl sites for hydroxylation is 1. The summed E-state index contributed by atoms with van der Waals surface area (Å²) >= 11 is 9.87. The van der Waals surface area contributed by atoms with E-state index < -0.39 is 5.97 Å². The van der Waals surface area contributed by atoms with Gasteiger partial charge in [0, 0.05) is 10.9 Å². The van der Waals surface area contributed by atoms with Gasteiger partial charge in [0.25, 0.3) is 5.56 Å². The van der Waals surface area contributed by atoms with E-state index in [2.05, 4.69) is 26.0 Å². The highest BCUT2D eigenvalue weighted by molar-refractivity contribution is 9.10. The van der Waals surface area contributed by atoms with Gasteiger partial charge in [-0.05, 0) is 53.6 Å². The van der Waals surface area contributed by atoms with Crippen molar-refractivity contribution in [1.29, 1.82) is 0 Å². The van der Waals surface area contributed by atoms with Crippen molar-refractivity contribution in [2.24, 2.45) is 5.10 Å². The molecule has 8 nitrogen and oxygen atoms in total. The molecule has 184 valence electrons. The summed E-state index contributed by atoms with van der Waals surface area (Å²) in [5, 5.41) is 14.2. The minimum absolute atomic E-state index is 0.164. The molecule has 0 fully saturated rings. The average molecular weight is 571 g/mol. The zero-order chi connectivity index (χ0) is 25.8. The molecule has 0 bridgehead atoms. The first-order chi connectivity index (χ1) is 17.3. The molecule has 0 saturated heterocycles. The molecule has 36 heavy (non-hydrogen) atoms. The Morgan fingerprint density at radius 1 is 1.19 bits per heavy atom. The summed E-state index contributed by atoms with van der Waals surface area (Å²) in [6, 6.07) is 15.0. The van der Waals surface area contributed by atoms with Gasteiger partial charge in [0.2, 0.25) is 0 Å². The van der Waals surface area contributed by atoms with Crippen molar-refractivity contribution in [3.8, 4) is 11.5 Å². The van der Waals surface area contributed by atoms with E-state index in [1.54, 1.807) is 36.4 Å². The molecule has 0 amide bonds. The molecular weight excluding hydrogens is 550 g/mol. The third-order valence-electron chi connectivity index (χ3n) is 5.35. The number of aromatic nitrogens is 2. The summed E-state index contributed by atoms with van der Waals surface area (Å²) in [4.78, 5) is 28.7. The first-order valence-electron chi connectivity index (χ1n) is 10.9. The minimum Gasteiger partial charge on any atom is -0.493 e. The number of methoxy groups -OCH3 is 1. The Morgan fingerprint density at radius 3 is 2.61 bits per heavy atom. The van der Waals surface area contributed by atoms with E-state index in [-0.39, 0.29) is 17.7 Å². The zero-order valence-corrected chi connectivity index (χ0v) is 21.7. The maximum atomic E-state index is 13.1. The van der Waals surface area contributed by atoms with Gasteiger partial charge >= 0.3 is 5.97 Å². The number of halogens is 2. The minimum atomic E-state index is -0.995. The molecule has 4 rings (SSSR count). The van der Waals surface area contributed by atoms with Crippen LogP contribution in [0.5, 0.6) is 11.5 Å². The van der Waals surface area contributed by atoms with Gasteiger partial charge in [0.1, 0.15) is 12.4 Å². The molecule has 0 aliphatic rings. The van der Waals surface area contributed by atoms with E-state index in [0.29, 0.717) is 45.2 Å². The van der Waals surface area contributed by atoms with Gasteiger partial charge in [0.05, 0.1) is 34.8 Å². The summed E-state index contributed by atoms with van der Waals surface area (Å²) in [7, 11) is 1.49. The number of ether oxygens (including phenoxy) is 2. The molecule has 0 spiro atoms. The Hall–Kier alpha value is -3.69. The van der Waals surface area contributed by atoms with Crippen molar-refractivity contribution in [1.82, 2.24) is 9.66 Å². The number of rotatable bonds is 8. The molecule has 0 saturated carbocycles. The molecule has 0 radical (unpaired) electrons. The van der Waals surface area contributed by atoms with Crippen LogP contribution in [0.3, 0.4) is 0 Å². The summed E-state index contributed by atoms with van der Waals surface area (Å²) in [5.74, 6) is 0.250. The molecule has 1 N–H and O–H groups in total. The number of carboxylic acid groups (broad SMARTS) is 1. The van der Waals surface area contributed by atoms with Crippen molar-refractivity contribution in [3.63, 3.8) is 0 Å². The van der Waals surface area contributed by atoms with Gasteiger partial charge in [-0.2, -0.15) is 9.78 Å². The second kappa shape index (κ2) is 10.9. The van der Waals surface area contributed by atoms with Crippen LogP contribution in [-0.4, -0.2) is 34.1 Å². The Balaban J connectivity index is 1.62. The highest BCUT2D eigenvalue weighted by Gasteiger charge is 2.14. The van der Waals surface area contributed by atoms with E-state index in [9.17, 15) is 9.59 Å². The van der Waals surface area contributed by atoms with Crippen LogP contribution in [0.15, 0.2) is 69.0 Å². The number of hydrogen-bond donors (Lipinski definition) is 1. The van der Waals surface area contributed by atoms with Crippen LogP contribution in [0.25, 0.3) is 10.9 Å². The van der Waals surface area contributed by atoms with Gasteiger partial charge in [-0.1, -0.05) is 46.6 Å². The predicted octanol–water partition coefficient (Wildman–Crippen LogP) is 5.54. The van der Waals surface area contributed by atoms with Gasteiger partial charge in [0.15, 0.2) is 11.5 Å². The Labute approximate surface area is 219 Å². The van der Waals surface area contributed by atoms with Crippen molar-refractivity contribution < 1.29 is 19.4 Å². The largest absolute Gasteiger partial charge is 0.493 e. The van der Waals surface area contributed by atoms with E-state index in [1.165, 1.54) is 30.1 Å². The highest BCUT2D eigenvalue weighted by atomic mass is 79.9. The monoisotopic (exact) mass is 569 g/mol. The SMILES string of the molecule is CCc1nc2ccc(Br)cc2c(=O)n1N=Cc1cc(Cl)c(OCc2ccc(C(=O)O)cc2)c(OC)c1. The second-order valence-corrected chi connectivity index (χ2v) is 9.05. The summed E-state index contributed by atoms with van der Waals surface area (Å²) in [6.07, 6.45) is 2.03. The Morgan fingerprint density at radius 2 is 1.94 bits per heavy atom. The lowest BCUT2D eigenvalue weighted by Gasteiger charge is -2.13. The normalized spacial score (nSPS) is 11.2. The molecule has 1 aromatic heterocycles. The van der Waals surface area contributed by atoms with E-state index in [0.717, 1.165) is 10.0 Å². The van der Waals surface area contributed by atoms with E-state index >= 15 is 0 Å². The fraction of sp³-hybridized carbons (Fsp3) is 0.154. The molecule has 0 atom stereocenters. The molecule has 10 heteroatoms. The smallest absolute Gasteiger partial charge is 0.335 e. The van der Waals surface area contributed by atoms with Crippen LogP contribution in [0.1, 0.15) is 34.2 Å². The van der Waals surface area contributed by atoms with Crippen molar-refractivity contribution >= 4 is 50.6 Å². The lowest BCUT2D eigenvalue weighted by atomic mass is 10.1. The third kappa shape index (κ3) is 5.42. The molecule has 3 aromatic carbocycles. The van der Waals surface area contributed by atoms with Crippen LogP contribution < -0.4 is 15.0 Å². The van der Waals surface area contributed by atoms with Gasteiger partial charge in [-0.15, -0.1) is 0 Å². The molecular formula is C26H21BrClN3O5. The van der Waals surface area contributed by atoms with Crippen LogP contribution in [0.4, 0.5) is 0 Å². The molecule has 0 unspecified atom stereocenters. The predicted molar refractivity (Wildman–Crippen MR) is 142 cm³/mol. The number of fused-ring (bicyclic) bond motifs is 1. The number of nitrogens with zero attached hydrogens (tertiary/aromatic N) is 3. The average Bonchev–Trinajstić information content (AvgIpc) is 2.87. The topological polar surface area (TPSA) is 103 Å². The Bertz CT molecular complexity index is 1530. The summed E-state index contributed by atoms with van der Waals surface area (Å²) < 4.78 is 13.4. The molecule has 0 aliphatic carbocycles. The highest BCUT2D eigenvalue weighted by Crippen LogP contribution is 2.36. The first-order valence-corrected chi connectivity index (χ1v) is 12.1. The van der Waals surface area contributed by atoms with Crippen molar-refractivity contribution in [3.05, 3.63) is 97.0 Å². The fourth-order valence-corrected chi connectivity index (χ4v) is 4.16. The standard InChI is InChI=1S/C26H21BrClN3O5/c1-3-23-30-21-9-8-18(27)12-19(21)25(32)31(23)29-13-16-10-20(28)24(22(11-16)35-2)36-14-15-4-6-17(7-5-15)26(33)34/h4-13H,3,14H2,1-2H3,(H,33,34). The molecule has 4 aromatic rings. The number of carbonyl (C=O) groups is 1. The molecule has 0 aliphatic heterocycles. The third-order valence-corrected chi connectivity index (χ3v) is 6.12. The van der Waals surface area contributed by atoms with Crippen LogP contribution in [-0.2, 0) is 13.0 Å². The van der Waals surface area contributed by atoms with Crippen LogP contribution in [0.2, 0.25) is 5.02 Å². The second-order valence-electron chi connectivity index (χ2n) is 7.73. The number of carboxylic acids is 1. The summed E-state index contributed by atoms with van der Waals surface area (Å²) in [6.45, 7) is 2.07.